The molecule has 0 saturated carbocycles. The molecule has 1 heterocycles. The second kappa shape index (κ2) is 7.66. The molecule has 0 aromatic heterocycles. The van der Waals surface area contributed by atoms with Crippen molar-refractivity contribution in [2.45, 2.75) is 39.2 Å². The number of hydrogen-bond acceptors (Lipinski definition) is 4. The van der Waals surface area contributed by atoms with E-state index < -0.39 is 0 Å². The highest BCUT2D eigenvalue weighted by atomic mass is 35.5. The van der Waals surface area contributed by atoms with Crippen LogP contribution in [0.3, 0.4) is 0 Å². The van der Waals surface area contributed by atoms with Gasteiger partial charge in [0.15, 0.2) is 17.3 Å². The third-order valence-electron chi connectivity index (χ3n) is 3.37. The van der Waals surface area contributed by atoms with Gasteiger partial charge in [0.1, 0.15) is 0 Å². The van der Waals surface area contributed by atoms with Crippen molar-refractivity contribution in [2.24, 2.45) is 0 Å². The summed E-state index contributed by atoms with van der Waals surface area (Å²) in [6.07, 6.45) is 2.31. The molecule has 5 heteroatoms. The first-order valence-corrected chi connectivity index (χ1v) is 7.77. The van der Waals surface area contributed by atoms with Gasteiger partial charge in [-0.15, -0.1) is 0 Å². The molecule has 0 aliphatic carbocycles. The summed E-state index contributed by atoms with van der Waals surface area (Å²) in [5, 5.41) is 0.393. The van der Waals surface area contributed by atoms with Crippen molar-refractivity contribution < 1.29 is 19.0 Å². The number of halogens is 1. The Hall–Kier alpha value is -1.26. The van der Waals surface area contributed by atoms with Gasteiger partial charge in [-0.1, -0.05) is 11.6 Å². The smallest absolute Gasteiger partial charge is 0.167 e. The topological polar surface area (TPSA) is 44.8 Å². The number of benzene rings is 1. The van der Waals surface area contributed by atoms with Gasteiger partial charge in [-0.25, -0.2) is 0 Å². The largest absolute Gasteiger partial charge is 0.490 e. The lowest BCUT2D eigenvalue weighted by molar-refractivity contribution is 0.0775. The number of rotatable bonds is 7. The number of carbonyl (C=O) groups is 1. The molecule has 21 heavy (non-hydrogen) atoms. The van der Waals surface area contributed by atoms with Gasteiger partial charge < -0.3 is 14.2 Å². The molecule has 1 atom stereocenters. The maximum atomic E-state index is 12.4. The van der Waals surface area contributed by atoms with Crippen LogP contribution in [0.2, 0.25) is 5.02 Å². The summed E-state index contributed by atoms with van der Waals surface area (Å²) in [5.41, 5.74) is 0.471. The highest BCUT2D eigenvalue weighted by molar-refractivity contribution is 6.34. The Morgan fingerprint density at radius 2 is 1.95 bits per heavy atom. The van der Waals surface area contributed by atoms with Crippen LogP contribution in [0.1, 0.15) is 43.5 Å². The van der Waals surface area contributed by atoms with Gasteiger partial charge in [-0.3, -0.25) is 4.79 Å². The molecule has 1 aromatic rings. The summed E-state index contributed by atoms with van der Waals surface area (Å²) >= 11 is 6.22. The Balaban J connectivity index is 2.20. The van der Waals surface area contributed by atoms with E-state index in [0.717, 1.165) is 19.4 Å². The SMILES string of the molecule is CCOc1cc(Cl)c(C(=O)CC2CCCO2)cc1OCC. The molecule has 1 aliphatic rings. The molecular weight excluding hydrogens is 292 g/mol. The van der Waals surface area contributed by atoms with E-state index in [2.05, 4.69) is 0 Å². The predicted octanol–water partition coefficient (Wildman–Crippen LogP) is 3.89. The zero-order chi connectivity index (χ0) is 15.2. The van der Waals surface area contributed by atoms with Crippen molar-refractivity contribution >= 4 is 17.4 Å². The molecule has 0 N–H and O–H groups in total. The van der Waals surface area contributed by atoms with E-state index in [1.807, 2.05) is 13.8 Å². The number of carbonyl (C=O) groups excluding carboxylic acids is 1. The van der Waals surface area contributed by atoms with Crippen molar-refractivity contribution in [1.82, 2.24) is 0 Å². The van der Waals surface area contributed by atoms with Crippen molar-refractivity contribution in [1.29, 1.82) is 0 Å². The zero-order valence-electron chi connectivity index (χ0n) is 12.5. The van der Waals surface area contributed by atoms with Gasteiger partial charge >= 0.3 is 0 Å². The Kier molecular flexibility index (Phi) is 5.88. The van der Waals surface area contributed by atoms with Gasteiger partial charge in [0, 0.05) is 24.7 Å². The minimum Gasteiger partial charge on any atom is -0.490 e. The van der Waals surface area contributed by atoms with Gasteiger partial charge in [0.25, 0.3) is 0 Å². The normalized spacial score (nSPS) is 17.8. The van der Waals surface area contributed by atoms with E-state index in [1.165, 1.54) is 0 Å². The number of ether oxygens (including phenoxy) is 3. The fourth-order valence-corrected chi connectivity index (χ4v) is 2.67. The summed E-state index contributed by atoms with van der Waals surface area (Å²) < 4.78 is 16.5. The summed E-state index contributed by atoms with van der Waals surface area (Å²) in [6.45, 7) is 5.53. The maximum Gasteiger partial charge on any atom is 0.167 e. The molecular formula is C16H21ClO4. The molecule has 2 rings (SSSR count). The summed E-state index contributed by atoms with van der Waals surface area (Å²) in [6, 6.07) is 3.33. The van der Waals surface area contributed by atoms with E-state index in [0.29, 0.717) is 41.7 Å². The second-order valence-electron chi connectivity index (χ2n) is 4.91. The standard InChI is InChI=1S/C16H21ClO4/c1-3-19-15-9-12(13(17)10-16(15)20-4-2)14(18)8-11-6-5-7-21-11/h9-11H,3-8H2,1-2H3. The number of Topliss-reactive ketones (excluding diaryl/α,β-unsaturated/α-hetero) is 1. The van der Waals surface area contributed by atoms with E-state index in [9.17, 15) is 4.79 Å². The van der Waals surface area contributed by atoms with Crippen LogP contribution in [0.4, 0.5) is 0 Å². The first-order chi connectivity index (χ1) is 10.2. The molecule has 1 aliphatic heterocycles. The molecule has 1 unspecified atom stereocenters. The average molecular weight is 313 g/mol. The van der Waals surface area contributed by atoms with Crippen LogP contribution >= 0.6 is 11.6 Å². The van der Waals surface area contributed by atoms with Crippen LogP contribution in [-0.2, 0) is 4.74 Å². The van der Waals surface area contributed by atoms with Crippen molar-refractivity contribution in [3.8, 4) is 11.5 Å². The fraction of sp³-hybridized carbons (Fsp3) is 0.562. The molecule has 1 fully saturated rings. The minimum atomic E-state index is -0.0177. The number of ketones is 1. The highest BCUT2D eigenvalue weighted by Gasteiger charge is 2.23. The lowest BCUT2D eigenvalue weighted by atomic mass is 10.0. The quantitative estimate of drug-likeness (QED) is 0.717. The minimum absolute atomic E-state index is 0.00989. The number of hydrogen-bond donors (Lipinski definition) is 0. The van der Waals surface area contributed by atoms with Crippen LogP contribution in [0.15, 0.2) is 12.1 Å². The zero-order valence-corrected chi connectivity index (χ0v) is 13.2. The fourth-order valence-electron chi connectivity index (χ4n) is 2.41. The Labute approximate surface area is 130 Å². The van der Waals surface area contributed by atoms with Crippen molar-refractivity contribution in [3.05, 3.63) is 22.7 Å². The second-order valence-corrected chi connectivity index (χ2v) is 5.31. The monoisotopic (exact) mass is 312 g/mol. The average Bonchev–Trinajstić information content (AvgIpc) is 2.95. The first-order valence-electron chi connectivity index (χ1n) is 7.39. The molecule has 1 saturated heterocycles. The predicted molar refractivity (Wildman–Crippen MR) is 81.7 cm³/mol. The lowest BCUT2D eigenvalue weighted by Crippen LogP contribution is -2.13. The molecule has 1 aromatic carbocycles. The Bertz CT molecular complexity index is 495. The van der Waals surface area contributed by atoms with Gasteiger partial charge in [0.05, 0.1) is 24.3 Å². The highest BCUT2D eigenvalue weighted by Crippen LogP contribution is 2.34. The van der Waals surface area contributed by atoms with Crippen molar-refractivity contribution in [3.63, 3.8) is 0 Å². The Morgan fingerprint density at radius 3 is 2.52 bits per heavy atom. The lowest BCUT2D eigenvalue weighted by Gasteiger charge is -2.14. The van der Waals surface area contributed by atoms with E-state index in [4.69, 9.17) is 25.8 Å². The van der Waals surface area contributed by atoms with Crippen LogP contribution < -0.4 is 9.47 Å². The summed E-state index contributed by atoms with van der Waals surface area (Å²) in [4.78, 5) is 12.4. The van der Waals surface area contributed by atoms with Gasteiger partial charge in [0.2, 0.25) is 0 Å². The van der Waals surface area contributed by atoms with E-state index in [1.54, 1.807) is 12.1 Å². The molecule has 4 nitrogen and oxygen atoms in total. The van der Waals surface area contributed by atoms with Gasteiger partial charge in [-0.05, 0) is 32.8 Å². The van der Waals surface area contributed by atoms with Crippen LogP contribution in [-0.4, -0.2) is 31.7 Å². The summed E-state index contributed by atoms with van der Waals surface area (Å²) in [7, 11) is 0. The first kappa shape index (κ1) is 16.1. The van der Waals surface area contributed by atoms with E-state index >= 15 is 0 Å². The molecule has 0 spiro atoms. The van der Waals surface area contributed by atoms with Crippen LogP contribution in [0, 0.1) is 0 Å². The van der Waals surface area contributed by atoms with Crippen LogP contribution in [0.5, 0.6) is 11.5 Å². The molecule has 0 radical (unpaired) electrons. The van der Waals surface area contributed by atoms with Crippen molar-refractivity contribution in [2.75, 3.05) is 19.8 Å². The Morgan fingerprint density at radius 1 is 1.29 bits per heavy atom. The van der Waals surface area contributed by atoms with E-state index in [-0.39, 0.29) is 11.9 Å². The van der Waals surface area contributed by atoms with Crippen LogP contribution in [0.25, 0.3) is 0 Å². The summed E-state index contributed by atoms with van der Waals surface area (Å²) in [5.74, 6) is 1.10. The third-order valence-corrected chi connectivity index (χ3v) is 3.68. The molecule has 0 bridgehead atoms. The maximum absolute atomic E-state index is 12.4. The molecule has 0 amide bonds. The van der Waals surface area contributed by atoms with Gasteiger partial charge in [-0.2, -0.15) is 0 Å². The molecule has 116 valence electrons. The third kappa shape index (κ3) is 4.11.